The lowest BCUT2D eigenvalue weighted by molar-refractivity contribution is -0.149. The highest BCUT2D eigenvalue weighted by Gasteiger charge is 2.80. The van der Waals surface area contributed by atoms with Crippen molar-refractivity contribution in [3.05, 3.63) is 23.3 Å². The molecule has 0 aromatic rings. The molecule has 6 aliphatic rings. The molecule has 3 saturated carbocycles. The monoisotopic (exact) mass is 412 g/mol. The maximum absolute atomic E-state index is 11.7. The smallest absolute Gasteiger partial charge is 0.331 e. The first-order valence-electron chi connectivity index (χ1n) is 11.7. The first kappa shape index (κ1) is 19.1. The van der Waals surface area contributed by atoms with Crippen molar-refractivity contribution < 1.29 is 23.8 Å². The highest BCUT2D eigenvalue weighted by molar-refractivity contribution is 5.85. The third kappa shape index (κ3) is 2.28. The number of esters is 2. The van der Waals surface area contributed by atoms with Gasteiger partial charge in [-0.25, -0.2) is 4.79 Å². The summed E-state index contributed by atoms with van der Waals surface area (Å²) in [4.78, 5) is 23.2. The minimum Gasteiger partial charge on any atom is -0.462 e. The second-order valence-electron chi connectivity index (χ2n) is 11.0. The van der Waals surface area contributed by atoms with Crippen LogP contribution in [-0.2, 0) is 23.8 Å². The first-order valence-corrected chi connectivity index (χ1v) is 11.7. The summed E-state index contributed by atoms with van der Waals surface area (Å²) in [5, 5.41) is 0. The molecule has 8 atom stereocenters. The van der Waals surface area contributed by atoms with E-state index in [-0.39, 0.29) is 34.5 Å². The van der Waals surface area contributed by atoms with Gasteiger partial charge in [0.1, 0.15) is 18.3 Å². The summed E-state index contributed by atoms with van der Waals surface area (Å²) in [7, 11) is 0. The Morgan fingerprint density at radius 3 is 2.77 bits per heavy atom. The Morgan fingerprint density at radius 1 is 1.20 bits per heavy atom. The quantitative estimate of drug-likeness (QED) is 0.388. The Labute approximate surface area is 178 Å². The van der Waals surface area contributed by atoms with Gasteiger partial charge in [0.05, 0.1) is 6.10 Å². The van der Waals surface area contributed by atoms with Gasteiger partial charge in [0, 0.05) is 24.8 Å². The Morgan fingerprint density at radius 2 is 2.03 bits per heavy atom. The van der Waals surface area contributed by atoms with E-state index >= 15 is 0 Å². The molecule has 6 rings (SSSR count). The largest absolute Gasteiger partial charge is 0.462 e. The summed E-state index contributed by atoms with van der Waals surface area (Å²) < 4.78 is 17.4. The van der Waals surface area contributed by atoms with Crippen LogP contribution >= 0.6 is 0 Å². The van der Waals surface area contributed by atoms with Gasteiger partial charge < -0.3 is 14.2 Å². The van der Waals surface area contributed by atoms with Crippen molar-refractivity contribution >= 4 is 11.9 Å². The molecule has 0 unspecified atom stereocenters. The van der Waals surface area contributed by atoms with Crippen LogP contribution in [0.2, 0.25) is 0 Å². The number of carbonyl (C=O) groups is 2. The Kier molecular flexibility index (Phi) is 3.82. The van der Waals surface area contributed by atoms with E-state index in [0.717, 1.165) is 38.5 Å². The molecule has 30 heavy (non-hydrogen) atoms. The molecular formula is C25H32O5. The van der Waals surface area contributed by atoms with Crippen molar-refractivity contribution in [2.45, 2.75) is 83.5 Å². The number of fused-ring (bicyclic) bond motifs is 3. The zero-order valence-corrected chi connectivity index (χ0v) is 18.2. The standard InChI is InChI=1S/C25H32O5/c1-14(26)29-17-6-8-23(2)16(11-17)4-5-19-18(23)7-9-24(3)20(12-21-25(19,24)30-21)15-10-22(27)28-13-15/h4,10,17-21H,5-9,11-13H2,1-3H3/t17-,18-,19+,20+,21+,23-,24+,25+/m0/s1. The van der Waals surface area contributed by atoms with E-state index in [1.807, 2.05) is 0 Å². The molecule has 1 spiro atoms. The van der Waals surface area contributed by atoms with Crippen molar-refractivity contribution in [1.29, 1.82) is 0 Å². The number of hydrogen-bond acceptors (Lipinski definition) is 5. The van der Waals surface area contributed by atoms with Gasteiger partial charge in [-0.15, -0.1) is 0 Å². The van der Waals surface area contributed by atoms with Crippen molar-refractivity contribution in [2.24, 2.45) is 28.6 Å². The first-order chi connectivity index (χ1) is 14.3. The van der Waals surface area contributed by atoms with Gasteiger partial charge in [0.2, 0.25) is 0 Å². The van der Waals surface area contributed by atoms with Gasteiger partial charge in [-0.05, 0) is 67.3 Å². The second-order valence-corrected chi connectivity index (χ2v) is 11.0. The molecule has 5 nitrogen and oxygen atoms in total. The van der Waals surface area contributed by atoms with E-state index in [1.165, 1.54) is 24.5 Å². The summed E-state index contributed by atoms with van der Waals surface area (Å²) >= 11 is 0. The highest BCUT2D eigenvalue weighted by atomic mass is 16.6. The van der Waals surface area contributed by atoms with Crippen molar-refractivity contribution in [2.75, 3.05) is 6.61 Å². The molecule has 0 N–H and O–H groups in total. The maximum Gasteiger partial charge on any atom is 0.331 e. The molecule has 5 heteroatoms. The predicted octanol–water partition coefficient (Wildman–Crippen LogP) is 4.11. The molecule has 0 aromatic carbocycles. The summed E-state index contributed by atoms with van der Waals surface area (Å²) in [6.45, 7) is 6.85. The van der Waals surface area contributed by atoms with E-state index in [2.05, 4.69) is 19.9 Å². The van der Waals surface area contributed by atoms with E-state index < -0.39 is 0 Å². The van der Waals surface area contributed by atoms with E-state index in [4.69, 9.17) is 14.2 Å². The average molecular weight is 413 g/mol. The van der Waals surface area contributed by atoms with Crippen LogP contribution in [-0.4, -0.2) is 36.4 Å². The van der Waals surface area contributed by atoms with Crippen molar-refractivity contribution in [3.63, 3.8) is 0 Å². The lowest BCUT2D eigenvalue weighted by Gasteiger charge is -2.58. The van der Waals surface area contributed by atoms with Crippen LogP contribution < -0.4 is 0 Å². The molecule has 0 aromatic heterocycles. The molecular weight excluding hydrogens is 380 g/mol. The Balaban J connectivity index is 1.31. The van der Waals surface area contributed by atoms with Gasteiger partial charge >= 0.3 is 11.9 Å². The fraction of sp³-hybridized carbons (Fsp3) is 0.760. The zero-order chi connectivity index (χ0) is 20.9. The molecule has 2 heterocycles. The molecule has 1 saturated heterocycles. The fourth-order valence-electron chi connectivity index (χ4n) is 8.55. The average Bonchev–Trinajstić information content (AvgIpc) is 3.14. The molecule has 0 amide bonds. The molecule has 4 aliphatic carbocycles. The number of ether oxygens (including phenoxy) is 3. The number of rotatable bonds is 2. The molecule has 2 aliphatic heterocycles. The number of hydrogen-bond donors (Lipinski definition) is 0. The molecule has 162 valence electrons. The van der Waals surface area contributed by atoms with Crippen LogP contribution in [0.25, 0.3) is 0 Å². The van der Waals surface area contributed by atoms with Gasteiger partial charge in [0.25, 0.3) is 0 Å². The van der Waals surface area contributed by atoms with Crippen molar-refractivity contribution in [1.82, 2.24) is 0 Å². The van der Waals surface area contributed by atoms with Gasteiger partial charge in [0.15, 0.2) is 0 Å². The number of carbonyl (C=O) groups excluding carboxylic acids is 2. The van der Waals surface area contributed by atoms with Crippen LogP contribution in [0.3, 0.4) is 0 Å². The lowest BCUT2D eigenvalue weighted by atomic mass is 9.46. The van der Waals surface area contributed by atoms with Crippen LogP contribution in [0.5, 0.6) is 0 Å². The minimum atomic E-state index is -0.180. The third-order valence-electron chi connectivity index (χ3n) is 9.95. The van der Waals surface area contributed by atoms with Gasteiger partial charge in [-0.1, -0.05) is 25.5 Å². The lowest BCUT2D eigenvalue weighted by Crippen LogP contribution is -2.56. The zero-order valence-electron chi connectivity index (χ0n) is 18.2. The SMILES string of the molecule is CC(=O)O[C@H]1CC[C@@]2(C)C(=CC[C@@H]3[C@@H]2CC[C@]2(C)[C@@H](C4=CC(=O)OC4)C[C@H]4O[C@]342)C1. The van der Waals surface area contributed by atoms with Gasteiger partial charge in [-0.2, -0.15) is 0 Å². The van der Waals surface area contributed by atoms with Crippen LogP contribution in [0.1, 0.15) is 65.7 Å². The fourth-order valence-corrected chi connectivity index (χ4v) is 8.55. The number of epoxide rings is 1. The van der Waals surface area contributed by atoms with E-state index in [1.54, 1.807) is 6.08 Å². The van der Waals surface area contributed by atoms with Crippen molar-refractivity contribution in [3.8, 4) is 0 Å². The number of allylic oxidation sites excluding steroid dienone is 1. The summed E-state index contributed by atoms with van der Waals surface area (Å²) in [5.74, 6) is 1.23. The molecule has 4 fully saturated rings. The Bertz CT molecular complexity index is 888. The maximum atomic E-state index is 11.7. The molecule has 0 radical (unpaired) electrons. The van der Waals surface area contributed by atoms with Crippen LogP contribution in [0.4, 0.5) is 0 Å². The number of cyclic esters (lactones) is 1. The van der Waals surface area contributed by atoms with Crippen LogP contribution in [0.15, 0.2) is 23.3 Å². The summed E-state index contributed by atoms with van der Waals surface area (Å²) in [6.07, 6.45) is 12.0. The predicted molar refractivity (Wildman–Crippen MR) is 109 cm³/mol. The van der Waals surface area contributed by atoms with E-state index in [0.29, 0.717) is 30.5 Å². The minimum absolute atomic E-state index is 0.0369. The Hall–Kier alpha value is -1.62. The normalized spacial score (nSPS) is 50.9. The molecule has 0 bridgehead atoms. The summed E-state index contributed by atoms with van der Waals surface area (Å²) in [5.41, 5.74) is 2.94. The van der Waals surface area contributed by atoms with E-state index in [9.17, 15) is 9.59 Å². The second kappa shape index (κ2) is 5.99. The topological polar surface area (TPSA) is 65.1 Å². The highest BCUT2D eigenvalue weighted by Crippen LogP contribution is 2.76. The van der Waals surface area contributed by atoms with Crippen LogP contribution in [0, 0.1) is 28.6 Å². The summed E-state index contributed by atoms with van der Waals surface area (Å²) in [6, 6.07) is 0. The van der Waals surface area contributed by atoms with Gasteiger partial charge in [-0.3, -0.25) is 4.79 Å². The third-order valence-corrected chi connectivity index (χ3v) is 9.95.